The Labute approximate surface area is 117 Å². The Balaban J connectivity index is 2.31. The average Bonchev–Trinajstić information content (AvgIpc) is 2.83. The van der Waals surface area contributed by atoms with Gasteiger partial charge >= 0.3 is 5.97 Å². The molecule has 6 nitrogen and oxygen atoms in total. The fraction of sp³-hybridized carbons (Fsp3) is 0.429. The lowest BCUT2D eigenvalue weighted by Crippen LogP contribution is -2.30. The second-order valence-corrected chi connectivity index (χ2v) is 4.46. The highest BCUT2D eigenvalue weighted by atomic mass is 16.7. The van der Waals surface area contributed by atoms with Gasteiger partial charge < -0.3 is 9.47 Å². The number of nitrogens with zero attached hydrogens (tertiary/aromatic N) is 1. The molecule has 2 unspecified atom stereocenters. The Morgan fingerprint density at radius 1 is 1.20 bits per heavy atom. The van der Waals surface area contributed by atoms with E-state index < -0.39 is 11.9 Å². The molecule has 1 aromatic rings. The molecule has 2 atom stereocenters. The summed E-state index contributed by atoms with van der Waals surface area (Å²) < 4.78 is 9.82. The molecular weight excluding hydrogens is 262 g/mol. The van der Waals surface area contributed by atoms with Crippen molar-refractivity contribution < 1.29 is 23.9 Å². The van der Waals surface area contributed by atoms with Crippen LogP contribution in [0.3, 0.4) is 0 Å². The van der Waals surface area contributed by atoms with Crippen molar-refractivity contribution in [2.24, 2.45) is 5.92 Å². The summed E-state index contributed by atoms with van der Waals surface area (Å²) in [5, 5.41) is 1.19. The maximum atomic E-state index is 12.1. The molecule has 0 spiro atoms. The number of hydrogen-bond donors (Lipinski definition) is 0. The largest absolute Gasteiger partial charge is 0.497 e. The Morgan fingerprint density at radius 2 is 1.85 bits per heavy atom. The third-order valence-corrected chi connectivity index (χ3v) is 3.50. The van der Waals surface area contributed by atoms with Crippen molar-refractivity contribution in [1.82, 2.24) is 5.06 Å². The molecule has 0 radical (unpaired) electrons. The fourth-order valence-electron chi connectivity index (χ4n) is 2.41. The van der Waals surface area contributed by atoms with Gasteiger partial charge in [0.15, 0.2) is 0 Å². The Kier molecular flexibility index (Phi) is 4.24. The van der Waals surface area contributed by atoms with Gasteiger partial charge in [0.2, 0.25) is 0 Å². The van der Waals surface area contributed by atoms with Crippen molar-refractivity contribution in [3.63, 3.8) is 0 Å². The monoisotopic (exact) mass is 279 g/mol. The molecule has 20 heavy (non-hydrogen) atoms. The van der Waals surface area contributed by atoms with E-state index >= 15 is 0 Å². The van der Waals surface area contributed by atoms with Crippen LogP contribution < -0.4 is 4.74 Å². The predicted molar refractivity (Wildman–Crippen MR) is 70.0 cm³/mol. The summed E-state index contributed by atoms with van der Waals surface area (Å²) in [7, 11) is 4.26. The minimum absolute atomic E-state index is 0.291. The van der Waals surface area contributed by atoms with Crippen LogP contribution in [0.2, 0.25) is 0 Å². The highest BCUT2D eigenvalue weighted by molar-refractivity contribution is 6.00. The molecule has 0 saturated carbocycles. The predicted octanol–water partition coefficient (Wildman–Crippen LogP) is 0.972. The minimum atomic E-state index is -0.867. The number of esters is 1. The third-order valence-electron chi connectivity index (χ3n) is 3.50. The molecule has 0 N–H and O–H groups in total. The summed E-state index contributed by atoms with van der Waals surface area (Å²) >= 11 is 0. The lowest BCUT2D eigenvalue weighted by Gasteiger charge is -2.15. The van der Waals surface area contributed by atoms with Crippen molar-refractivity contribution in [2.75, 3.05) is 27.9 Å². The maximum absolute atomic E-state index is 12.1. The van der Waals surface area contributed by atoms with Gasteiger partial charge in [-0.1, -0.05) is 12.1 Å². The molecule has 0 aromatic heterocycles. The van der Waals surface area contributed by atoms with Gasteiger partial charge in [0.1, 0.15) is 11.7 Å². The van der Waals surface area contributed by atoms with Crippen LogP contribution >= 0.6 is 0 Å². The number of ether oxygens (including phenoxy) is 2. The topological polar surface area (TPSA) is 65.1 Å². The first-order valence-corrected chi connectivity index (χ1v) is 6.19. The van der Waals surface area contributed by atoms with Crippen LogP contribution in [-0.2, 0) is 19.2 Å². The van der Waals surface area contributed by atoms with E-state index in [2.05, 4.69) is 0 Å². The van der Waals surface area contributed by atoms with Crippen LogP contribution in [0.25, 0.3) is 0 Å². The van der Waals surface area contributed by atoms with Crippen LogP contribution in [0, 0.1) is 5.92 Å². The van der Waals surface area contributed by atoms with E-state index in [4.69, 9.17) is 14.3 Å². The highest BCUT2D eigenvalue weighted by Gasteiger charge is 2.47. The van der Waals surface area contributed by atoms with Gasteiger partial charge in [-0.15, -0.1) is 0 Å². The zero-order valence-electron chi connectivity index (χ0n) is 11.7. The number of carbonyl (C=O) groups is 2. The molecule has 0 bridgehead atoms. The van der Waals surface area contributed by atoms with Crippen LogP contribution in [-0.4, -0.2) is 44.8 Å². The average molecular weight is 279 g/mol. The van der Waals surface area contributed by atoms with E-state index in [9.17, 15) is 9.59 Å². The molecule has 0 aliphatic carbocycles. The van der Waals surface area contributed by atoms with Gasteiger partial charge in [-0.25, -0.2) is 5.06 Å². The van der Waals surface area contributed by atoms with Gasteiger partial charge in [-0.2, -0.15) is 0 Å². The van der Waals surface area contributed by atoms with E-state index in [-0.39, 0.29) is 11.8 Å². The lowest BCUT2D eigenvalue weighted by atomic mass is 9.88. The van der Waals surface area contributed by atoms with Crippen LogP contribution in [0.15, 0.2) is 24.3 Å². The number of hydrogen-bond acceptors (Lipinski definition) is 5. The first-order chi connectivity index (χ1) is 9.62. The molecule has 1 aromatic carbocycles. The molecule has 6 heteroatoms. The Hall–Kier alpha value is -2.08. The molecule has 1 fully saturated rings. The zero-order valence-corrected chi connectivity index (χ0v) is 11.7. The summed E-state index contributed by atoms with van der Waals surface area (Å²) in [4.78, 5) is 29.0. The maximum Gasteiger partial charge on any atom is 0.319 e. The quantitative estimate of drug-likeness (QED) is 0.607. The van der Waals surface area contributed by atoms with Gasteiger partial charge in [-0.3, -0.25) is 14.4 Å². The van der Waals surface area contributed by atoms with E-state index in [0.717, 1.165) is 11.3 Å². The summed E-state index contributed by atoms with van der Waals surface area (Å²) in [6.07, 6.45) is 0. The molecule has 1 aliphatic heterocycles. The zero-order chi connectivity index (χ0) is 14.7. The van der Waals surface area contributed by atoms with Gasteiger partial charge in [0.05, 0.1) is 27.9 Å². The second-order valence-electron chi connectivity index (χ2n) is 4.46. The Bertz CT molecular complexity index is 499. The van der Waals surface area contributed by atoms with Crippen molar-refractivity contribution in [1.29, 1.82) is 0 Å². The summed E-state index contributed by atoms with van der Waals surface area (Å²) in [5.41, 5.74) is 0.870. The van der Waals surface area contributed by atoms with Crippen molar-refractivity contribution >= 4 is 11.9 Å². The number of carbonyl (C=O) groups excluding carboxylic acids is 2. The fourth-order valence-corrected chi connectivity index (χ4v) is 2.41. The molecular formula is C14H17NO5. The number of rotatable bonds is 4. The Morgan fingerprint density at radius 3 is 2.35 bits per heavy atom. The molecule has 108 valence electrons. The lowest BCUT2D eigenvalue weighted by molar-refractivity contribution is -0.172. The SMILES string of the molecule is COC(=O)C1C(=O)N(OC)CC1c1ccc(OC)cc1. The molecule has 1 aliphatic rings. The normalized spacial score (nSPS) is 21.9. The van der Waals surface area contributed by atoms with Crippen molar-refractivity contribution in [2.45, 2.75) is 5.92 Å². The number of methoxy groups -OCH3 is 2. The van der Waals surface area contributed by atoms with Gasteiger partial charge in [0, 0.05) is 5.92 Å². The highest BCUT2D eigenvalue weighted by Crippen LogP contribution is 2.35. The molecule has 2 rings (SSSR count). The molecule has 1 saturated heterocycles. The number of hydroxylamine groups is 2. The van der Waals surface area contributed by atoms with Crippen LogP contribution in [0.1, 0.15) is 11.5 Å². The summed E-state index contributed by atoms with van der Waals surface area (Å²) in [5.74, 6) is -1.36. The smallest absolute Gasteiger partial charge is 0.319 e. The minimum Gasteiger partial charge on any atom is -0.497 e. The van der Waals surface area contributed by atoms with Crippen molar-refractivity contribution in [3.8, 4) is 5.75 Å². The standard InChI is InChI=1S/C14H17NO5/c1-18-10-6-4-9(5-7-10)11-8-15(20-3)13(16)12(11)14(17)19-2/h4-7,11-12H,8H2,1-3H3. The number of amides is 1. The summed E-state index contributed by atoms with van der Waals surface area (Å²) in [6.45, 7) is 0.321. The van der Waals surface area contributed by atoms with Gasteiger partial charge in [0.25, 0.3) is 5.91 Å². The molecule has 1 amide bonds. The first kappa shape index (κ1) is 14.3. The van der Waals surface area contributed by atoms with Crippen LogP contribution in [0.5, 0.6) is 5.75 Å². The molecule has 1 heterocycles. The van der Waals surface area contributed by atoms with Crippen molar-refractivity contribution in [3.05, 3.63) is 29.8 Å². The van der Waals surface area contributed by atoms with E-state index in [1.807, 2.05) is 12.1 Å². The summed E-state index contributed by atoms with van der Waals surface area (Å²) in [6, 6.07) is 7.27. The second kappa shape index (κ2) is 5.92. The number of benzene rings is 1. The first-order valence-electron chi connectivity index (χ1n) is 6.19. The van der Waals surface area contributed by atoms with Gasteiger partial charge in [-0.05, 0) is 17.7 Å². The van der Waals surface area contributed by atoms with Crippen LogP contribution in [0.4, 0.5) is 0 Å². The van der Waals surface area contributed by atoms with E-state index in [1.54, 1.807) is 19.2 Å². The van der Waals surface area contributed by atoms with E-state index in [1.165, 1.54) is 19.3 Å². The third kappa shape index (κ3) is 2.46. The van der Waals surface area contributed by atoms with E-state index in [0.29, 0.717) is 6.54 Å².